The number of halogens is 4. The Bertz CT molecular complexity index is 1030. The summed E-state index contributed by atoms with van der Waals surface area (Å²) in [4.78, 5) is 11.1. The number of hydrogen-bond acceptors (Lipinski definition) is 8. The Morgan fingerprint density at radius 1 is 0.971 bits per heavy atom. The Hall–Kier alpha value is 0.230. The molecule has 0 amide bonds. The van der Waals surface area contributed by atoms with Crippen molar-refractivity contribution in [3.8, 4) is 17.2 Å². The molecule has 0 bridgehead atoms. The third kappa shape index (κ3) is 6.75. The number of carbonyl (C=O) groups is 1. The van der Waals surface area contributed by atoms with Crippen LogP contribution in [0.1, 0.15) is 12.5 Å². The average molecular weight is 923 g/mol. The van der Waals surface area contributed by atoms with Crippen molar-refractivity contribution in [2.24, 2.45) is 5.73 Å². The van der Waals surface area contributed by atoms with Crippen LogP contribution in [-0.2, 0) is 16.0 Å². The summed E-state index contributed by atoms with van der Waals surface area (Å²) in [7, 11) is 0. The molecule has 0 radical (unpaired) electrons. The topological polar surface area (TPSA) is 152 Å². The number of ether oxygens (including phenoxy) is 3. The second kappa shape index (κ2) is 12.2. The number of hydrogen-bond donors (Lipinski definition) is 5. The summed E-state index contributed by atoms with van der Waals surface area (Å²) in [5.41, 5.74) is 6.46. The molecule has 1 aliphatic rings. The van der Waals surface area contributed by atoms with Crippen LogP contribution in [0.5, 0.6) is 17.2 Å². The van der Waals surface area contributed by atoms with Crippen molar-refractivity contribution in [3.63, 3.8) is 0 Å². The molecule has 9 nitrogen and oxygen atoms in total. The predicted octanol–water partition coefficient (Wildman–Crippen LogP) is 3.06. The second-order valence-corrected chi connectivity index (χ2v) is 12.3. The van der Waals surface area contributed by atoms with Crippen LogP contribution in [0.2, 0.25) is 0 Å². The molecule has 1 aliphatic heterocycles. The first-order chi connectivity index (χ1) is 15.9. The van der Waals surface area contributed by atoms with Crippen LogP contribution in [0.25, 0.3) is 0 Å². The first-order valence-electron chi connectivity index (χ1n) is 9.88. The fourth-order valence-corrected chi connectivity index (χ4v) is 7.30. The van der Waals surface area contributed by atoms with Crippen LogP contribution < -0.4 is 15.2 Å². The highest BCUT2D eigenvalue weighted by atomic mass is 127. The van der Waals surface area contributed by atoms with E-state index in [2.05, 4.69) is 90.4 Å². The molecule has 186 valence electrons. The molecule has 6 N–H and O–H groups in total. The van der Waals surface area contributed by atoms with Crippen LogP contribution in [0.3, 0.4) is 0 Å². The number of benzene rings is 2. The number of aliphatic carboxylic acids is 1. The zero-order valence-corrected chi connectivity index (χ0v) is 26.1. The van der Waals surface area contributed by atoms with Crippen molar-refractivity contribution in [2.75, 3.05) is 0 Å². The molecule has 0 saturated carbocycles. The third-order valence-corrected chi connectivity index (χ3v) is 8.27. The quantitative estimate of drug-likeness (QED) is 0.264. The fraction of sp³-hybridized carbons (Fsp3) is 0.381. The van der Waals surface area contributed by atoms with Gasteiger partial charge in [-0.1, -0.05) is 0 Å². The molecule has 3 rings (SSSR count). The van der Waals surface area contributed by atoms with Crippen LogP contribution in [0.15, 0.2) is 24.3 Å². The molecule has 13 heteroatoms. The molecule has 2 aromatic carbocycles. The smallest absolute Gasteiger partial charge is 0.320 e. The number of aliphatic hydroxyl groups excluding tert-OH is 3. The second-order valence-electron chi connectivity index (χ2n) is 7.65. The Labute approximate surface area is 250 Å². The maximum Gasteiger partial charge on any atom is 0.320 e. The molecule has 6 atom stereocenters. The molecule has 1 heterocycles. The lowest BCUT2D eigenvalue weighted by Crippen LogP contribution is -2.58. The summed E-state index contributed by atoms with van der Waals surface area (Å²) >= 11 is 8.44. The van der Waals surface area contributed by atoms with Crippen LogP contribution in [-0.4, -0.2) is 63.1 Å². The third-order valence-electron chi connectivity index (χ3n) is 5.06. The Morgan fingerprint density at radius 2 is 1.50 bits per heavy atom. The van der Waals surface area contributed by atoms with E-state index in [-0.39, 0.29) is 6.42 Å². The van der Waals surface area contributed by atoms with Crippen molar-refractivity contribution in [2.45, 2.75) is 50.1 Å². The van der Waals surface area contributed by atoms with Crippen molar-refractivity contribution in [3.05, 3.63) is 44.1 Å². The number of aliphatic hydroxyl groups is 3. The van der Waals surface area contributed by atoms with Gasteiger partial charge in [-0.15, -0.1) is 0 Å². The van der Waals surface area contributed by atoms with Crippen LogP contribution in [0.4, 0.5) is 0 Å². The molecular weight excluding hydrogens is 902 g/mol. The minimum atomic E-state index is -1.41. The molecular formula is C21H21I4NO8. The Morgan fingerprint density at radius 3 is 2.03 bits per heavy atom. The largest absolute Gasteiger partial charge is 0.480 e. The molecule has 0 aromatic heterocycles. The lowest BCUT2D eigenvalue weighted by atomic mass is 10.00. The van der Waals surface area contributed by atoms with Gasteiger partial charge < -0.3 is 40.4 Å². The van der Waals surface area contributed by atoms with E-state index in [9.17, 15) is 20.1 Å². The van der Waals surface area contributed by atoms with Gasteiger partial charge in [0.2, 0.25) is 6.29 Å². The Kier molecular flexibility index (Phi) is 10.3. The van der Waals surface area contributed by atoms with Gasteiger partial charge in [0.05, 0.1) is 20.4 Å². The monoisotopic (exact) mass is 923 g/mol. The maximum atomic E-state index is 11.1. The van der Waals surface area contributed by atoms with E-state index in [1.165, 1.54) is 0 Å². The van der Waals surface area contributed by atoms with Gasteiger partial charge in [0.1, 0.15) is 35.9 Å². The van der Waals surface area contributed by atoms with Crippen molar-refractivity contribution < 1.29 is 39.4 Å². The molecule has 2 aromatic rings. The number of nitrogens with two attached hydrogens (primary N) is 1. The van der Waals surface area contributed by atoms with Gasteiger partial charge in [0, 0.05) is 0 Å². The fourth-order valence-electron chi connectivity index (χ4n) is 3.22. The summed E-state index contributed by atoms with van der Waals surface area (Å²) in [5, 5.41) is 39.2. The van der Waals surface area contributed by atoms with Gasteiger partial charge in [0.25, 0.3) is 0 Å². The molecule has 0 aliphatic carbocycles. The highest BCUT2D eigenvalue weighted by Crippen LogP contribution is 2.38. The highest BCUT2D eigenvalue weighted by molar-refractivity contribution is 14.1. The van der Waals surface area contributed by atoms with E-state index >= 15 is 0 Å². The zero-order valence-electron chi connectivity index (χ0n) is 17.5. The summed E-state index contributed by atoms with van der Waals surface area (Å²) in [5.74, 6) is 0.589. The van der Waals surface area contributed by atoms with Gasteiger partial charge in [-0.05, 0) is 134 Å². The van der Waals surface area contributed by atoms with Gasteiger partial charge in [-0.25, -0.2) is 0 Å². The van der Waals surface area contributed by atoms with E-state index in [1.807, 2.05) is 12.1 Å². The molecule has 34 heavy (non-hydrogen) atoms. The number of carboxylic acids is 1. The average Bonchev–Trinajstić information content (AvgIpc) is 2.75. The van der Waals surface area contributed by atoms with Crippen molar-refractivity contribution in [1.29, 1.82) is 0 Å². The first-order valence-corrected chi connectivity index (χ1v) is 14.2. The predicted molar refractivity (Wildman–Crippen MR) is 156 cm³/mol. The van der Waals surface area contributed by atoms with E-state index in [0.717, 1.165) is 12.7 Å². The molecule has 1 unspecified atom stereocenters. The van der Waals surface area contributed by atoms with Gasteiger partial charge in [-0.3, -0.25) is 4.79 Å². The number of carboxylic acid groups (broad SMARTS) is 1. The summed E-state index contributed by atoms with van der Waals surface area (Å²) in [6.45, 7) is 1.59. The van der Waals surface area contributed by atoms with E-state index in [1.54, 1.807) is 19.1 Å². The molecule has 1 saturated heterocycles. The summed E-state index contributed by atoms with van der Waals surface area (Å²) in [6.07, 6.45) is -5.65. The summed E-state index contributed by atoms with van der Waals surface area (Å²) in [6, 6.07) is 6.24. The van der Waals surface area contributed by atoms with Gasteiger partial charge >= 0.3 is 5.97 Å². The van der Waals surface area contributed by atoms with Crippen LogP contribution >= 0.6 is 90.4 Å². The zero-order chi connectivity index (χ0) is 25.3. The van der Waals surface area contributed by atoms with Crippen molar-refractivity contribution in [1.82, 2.24) is 0 Å². The first kappa shape index (κ1) is 28.8. The highest BCUT2D eigenvalue weighted by Gasteiger charge is 2.43. The van der Waals surface area contributed by atoms with Crippen molar-refractivity contribution >= 4 is 96.3 Å². The summed E-state index contributed by atoms with van der Waals surface area (Å²) < 4.78 is 20.5. The van der Waals surface area contributed by atoms with E-state index in [4.69, 9.17) is 25.1 Å². The minimum Gasteiger partial charge on any atom is -0.480 e. The van der Waals surface area contributed by atoms with Crippen LogP contribution in [0, 0.1) is 14.3 Å². The lowest BCUT2D eigenvalue weighted by Gasteiger charge is -2.39. The molecule has 1 fully saturated rings. The normalized spacial score (nSPS) is 25.6. The maximum absolute atomic E-state index is 11.1. The Balaban J connectivity index is 1.80. The number of rotatable bonds is 7. The lowest BCUT2D eigenvalue weighted by molar-refractivity contribution is -0.268. The standard InChI is InChI=1S/C21H21I4NO8/c1-7-15(27)16(28)17(29)21(32-7)34-19-12(24)5-9(6-13(19)25)33-18-10(22)2-8(3-11(18)23)4-14(26)20(30)31/h2-3,5-7,14-17,21,27-29H,4,26H2,1H3,(H,30,31)/t7-,14+,15-,16+,17-,21?/m1/s1. The van der Waals surface area contributed by atoms with E-state index in [0.29, 0.717) is 24.4 Å². The van der Waals surface area contributed by atoms with Gasteiger partial charge in [-0.2, -0.15) is 0 Å². The SMILES string of the molecule is C[C@H]1OC(Oc2c(I)cc(Oc3c(I)cc(C[C@H](N)C(=O)O)cc3I)cc2I)[C@H](O)[C@@H](O)[C@@H]1O. The van der Waals surface area contributed by atoms with E-state index < -0.39 is 42.7 Å². The molecule has 0 spiro atoms. The van der Waals surface area contributed by atoms with Gasteiger partial charge in [0.15, 0.2) is 5.75 Å². The minimum absolute atomic E-state index is 0.211.